The first-order chi connectivity index (χ1) is 12.6. The van der Waals surface area contributed by atoms with Gasteiger partial charge in [-0.1, -0.05) is 6.07 Å². The molecule has 3 rings (SSSR count). The van der Waals surface area contributed by atoms with Crippen LogP contribution in [-0.2, 0) is 24.2 Å². The number of nitrogens with zero attached hydrogens (tertiary/aromatic N) is 3. The van der Waals surface area contributed by atoms with E-state index in [0.717, 1.165) is 57.1 Å². The molecule has 6 heteroatoms. The Kier molecular flexibility index (Phi) is 6.01. The van der Waals surface area contributed by atoms with Crippen LogP contribution in [0.3, 0.4) is 0 Å². The molecule has 0 atom stereocenters. The molecule has 1 saturated heterocycles. The van der Waals surface area contributed by atoms with Crippen molar-refractivity contribution in [2.24, 2.45) is 4.99 Å². The second kappa shape index (κ2) is 8.43. The zero-order chi connectivity index (χ0) is 18.5. The van der Waals surface area contributed by atoms with Crippen molar-refractivity contribution in [3.63, 3.8) is 0 Å². The smallest absolute Gasteiger partial charge is 0.219 e. The van der Waals surface area contributed by atoms with E-state index in [1.165, 1.54) is 24.0 Å². The van der Waals surface area contributed by atoms with Crippen LogP contribution < -0.4 is 5.32 Å². The molecule has 6 nitrogen and oxygen atoms in total. The van der Waals surface area contributed by atoms with E-state index in [1.54, 1.807) is 6.92 Å². The maximum Gasteiger partial charge on any atom is 0.219 e. The van der Waals surface area contributed by atoms with Crippen LogP contribution in [0.15, 0.2) is 17.1 Å². The summed E-state index contributed by atoms with van der Waals surface area (Å²) in [6.45, 7) is 7.99. The van der Waals surface area contributed by atoms with Gasteiger partial charge in [0, 0.05) is 45.2 Å². The SMILES string of the molecule is CCNC(=NCc1c(O)ccc2c1CCCC2)N1CCN(C(C)=O)CC1. The molecule has 1 fully saturated rings. The summed E-state index contributed by atoms with van der Waals surface area (Å²) in [6.07, 6.45) is 4.53. The molecule has 26 heavy (non-hydrogen) atoms. The lowest BCUT2D eigenvalue weighted by Gasteiger charge is -2.36. The first kappa shape index (κ1) is 18.5. The van der Waals surface area contributed by atoms with Gasteiger partial charge in [-0.15, -0.1) is 0 Å². The fourth-order valence-electron chi connectivity index (χ4n) is 3.88. The third-order valence-corrected chi connectivity index (χ3v) is 5.37. The van der Waals surface area contributed by atoms with Crippen molar-refractivity contribution in [1.82, 2.24) is 15.1 Å². The first-order valence-corrected chi connectivity index (χ1v) is 9.71. The minimum Gasteiger partial charge on any atom is -0.508 e. The van der Waals surface area contributed by atoms with Crippen LogP contribution >= 0.6 is 0 Å². The standard InChI is InChI=1S/C20H30N4O2/c1-3-21-20(24-12-10-23(11-13-24)15(2)25)22-14-18-17-7-5-4-6-16(17)8-9-19(18)26/h8-9,26H,3-7,10-14H2,1-2H3,(H,21,22). The highest BCUT2D eigenvalue weighted by molar-refractivity contribution is 5.80. The number of rotatable bonds is 3. The molecule has 0 spiro atoms. The van der Waals surface area contributed by atoms with Crippen molar-refractivity contribution < 1.29 is 9.90 Å². The normalized spacial score (nSPS) is 17.8. The lowest BCUT2D eigenvalue weighted by molar-refractivity contribution is -0.130. The van der Waals surface area contributed by atoms with E-state index >= 15 is 0 Å². The number of carbonyl (C=O) groups is 1. The lowest BCUT2D eigenvalue weighted by Crippen LogP contribution is -2.53. The number of phenols is 1. The number of benzene rings is 1. The van der Waals surface area contributed by atoms with Crippen molar-refractivity contribution in [3.8, 4) is 5.75 Å². The summed E-state index contributed by atoms with van der Waals surface area (Å²) < 4.78 is 0. The molecule has 2 aliphatic rings. The molecule has 0 aromatic heterocycles. The van der Waals surface area contributed by atoms with E-state index in [1.807, 2.05) is 11.0 Å². The van der Waals surface area contributed by atoms with Crippen LogP contribution in [0.4, 0.5) is 0 Å². The number of hydrogen-bond donors (Lipinski definition) is 2. The molecular formula is C20H30N4O2. The van der Waals surface area contributed by atoms with Gasteiger partial charge in [0.15, 0.2) is 5.96 Å². The van der Waals surface area contributed by atoms with Crippen LogP contribution in [0.25, 0.3) is 0 Å². The van der Waals surface area contributed by atoms with E-state index in [0.29, 0.717) is 12.3 Å². The molecule has 1 aliphatic heterocycles. The van der Waals surface area contributed by atoms with Gasteiger partial charge in [-0.05, 0) is 49.8 Å². The second-order valence-corrected chi connectivity index (χ2v) is 7.07. The summed E-state index contributed by atoms with van der Waals surface area (Å²) in [7, 11) is 0. The molecule has 1 heterocycles. The Hall–Kier alpha value is -2.24. The van der Waals surface area contributed by atoms with Crippen LogP contribution in [0.2, 0.25) is 0 Å². The van der Waals surface area contributed by atoms with E-state index in [9.17, 15) is 9.90 Å². The van der Waals surface area contributed by atoms with E-state index in [-0.39, 0.29) is 5.91 Å². The predicted molar refractivity (Wildman–Crippen MR) is 103 cm³/mol. The van der Waals surface area contributed by atoms with Crippen molar-refractivity contribution in [1.29, 1.82) is 0 Å². The molecular weight excluding hydrogens is 328 g/mol. The average molecular weight is 358 g/mol. The van der Waals surface area contributed by atoms with Gasteiger partial charge in [0.25, 0.3) is 0 Å². The van der Waals surface area contributed by atoms with Crippen molar-refractivity contribution in [2.45, 2.75) is 46.1 Å². The van der Waals surface area contributed by atoms with Crippen LogP contribution in [-0.4, -0.2) is 59.5 Å². The fraction of sp³-hybridized carbons (Fsp3) is 0.600. The lowest BCUT2D eigenvalue weighted by atomic mass is 9.88. The third kappa shape index (κ3) is 4.11. The van der Waals surface area contributed by atoms with Gasteiger partial charge < -0.3 is 20.2 Å². The maximum atomic E-state index is 11.5. The zero-order valence-corrected chi connectivity index (χ0v) is 15.9. The molecule has 1 aromatic rings. The Morgan fingerprint density at radius 3 is 2.54 bits per heavy atom. The van der Waals surface area contributed by atoms with Crippen LogP contribution in [0.5, 0.6) is 5.75 Å². The minimum absolute atomic E-state index is 0.132. The van der Waals surface area contributed by atoms with Gasteiger partial charge in [0.2, 0.25) is 5.91 Å². The van der Waals surface area contributed by atoms with E-state index in [4.69, 9.17) is 4.99 Å². The first-order valence-electron chi connectivity index (χ1n) is 9.71. The van der Waals surface area contributed by atoms with Gasteiger partial charge in [0.05, 0.1) is 6.54 Å². The van der Waals surface area contributed by atoms with Crippen molar-refractivity contribution in [2.75, 3.05) is 32.7 Å². The zero-order valence-electron chi connectivity index (χ0n) is 15.9. The Morgan fingerprint density at radius 1 is 1.15 bits per heavy atom. The molecule has 0 radical (unpaired) electrons. The van der Waals surface area contributed by atoms with Gasteiger partial charge in [-0.25, -0.2) is 4.99 Å². The predicted octanol–water partition coefficient (Wildman–Crippen LogP) is 1.90. The summed E-state index contributed by atoms with van der Waals surface area (Å²) >= 11 is 0. The number of aliphatic imine (C=N–C) groups is 1. The van der Waals surface area contributed by atoms with Crippen LogP contribution in [0, 0.1) is 0 Å². The number of guanidine groups is 1. The van der Waals surface area contributed by atoms with Gasteiger partial charge in [0.1, 0.15) is 5.75 Å². The molecule has 2 N–H and O–H groups in total. The summed E-state index contributed by atoms with van der Waals surface area (Å²) in [5.74, 6) is 1.35. The molecule has 0 unspecified atom stereocenters. The number of fused-ring (bicyclic) bond motifs is 1. The summed E-state index contributed by atoms with van der Waals surface area (Å²) in [4.78, 5) is 20.4. The molecule has 0 bridgehead atoms. The highest BCUT2D eigenvalue weighted by Gasteiger charge is 2.21. The number of nitrogens with one attached hydrogen (secondary N) is 1. The summed E-state index contributed by atoms with van der Waals surface area (Å²) in [5, 5.41) is 13.7. The molecule has 1 aromatic carbocycles. The van der Waals surface area contributed by atoms with Crippen LogP contribution in [0.1, 0.15) is 43.4 Å². The maximum absolute atomic E-state index is 11.5. The largest absolute Gasteiger partial charge is 0.508 e. The topological polar surface area (TPSA) is 68.2 Å². The highest BCUT2D eigenvalue weighted by Crippen LogP contribution is 2.31. The number of aromatic hydroxyl groups is 1. The average Bonchev–Trinajstić information content (AvgIpc) is 2.66. The Morgan fingerprint density at radius 2 is 1.85 bits per heavy atom. The molecule has 142 valence electrons. The Bertz CT molecular complexity index is 679. The number of carbonyl (C=O) groups excluding carboxylic acids is 1. The summed E-state index contributed by atoms with van der Waals surface area (Å²) in [5.41, 5.74) is 3.62. The molecule has 0 saturated carbocycles. The second-order valence-electron chi connectivity index (χ2n) is 7.07. The quantitative estimate of drug-likeness (QED) is 0.640. The number of phenolic OH excluding ortho intramolecular Hbond substituents is 1. The van der Waals surface area contributed by atoms with Crippen molar-refractivity contribution >= 4 is 11.9 Å². The van der Waals surface area contributed by atoms with E-state index < -0.39 is 0 Å². The Labute approximate surface area is 155 Å². The van der Waals surface area contributed by atoms with Gasteiger partial charge >= 0.3 is 0 Å². The number of amides is 1. The van der Waals surface area contributed by atoms with Crippen molar-refractivity contribution in [3.05, 3.63) is 28.8 Å². The number of piperazine rings is 1. The van der Waals surface area contributed by atoms with E-state index in [2.05, 4.69) is 23.2 Å². The fourth-order valence-corrected chi connectivity index (χ4v) is 3.88. The summed E-state index contributed by atoms with van der Waals surface area (Å²) in [6, 6.07) is 3.87. The van der Waals surface area contributed by atoms with Gasteiger partial charge in [-0.2, -0.15) is 0 Å². The minimum atomic E-state index is 0.132. The number of hydrogen-bond acceptors (Lipinski definition) is 3. The molecule has 1 amide bonds. The Balaban J connectivity index is 1.75. The number of aryl methyl sites for hydroxylation is 1. The molecule has 1 aliphatic carbocycles. The monoisotopic (exact) mass is 358 g/mol. The third-order valence-electron chi connectivity index (χ3n) is 5.37. The highest BCUT2D eigenvalue weighted by atomic mass is 16.3. The van der Waals surface area contributed by atoms with Gasteiger partial charge in [-0.3, -0.25) is 4.79 Å².